The number of amides is 1. The Hall–Kier alpha value is -1.77. The maximum Gasteiger partial charge on any atom is 0.408 e. The van der Waals surface area contributed by atoms with Gasteiger partial charge in [0.1, 0.15) is 11.1 Å². The second-order valence-electron chi connectivity index (χ2n) is 5.35. The molecule has 18 heavy (non-hydrogen) atoms. The van der Waals surface area contributed by atoms with Crippen molar-refractivity contribution in [1.82, 2.24) is 5.32 Å². The van der Waals surface area contributed by atoms with Crippen LogP contribution in [0, 0.1) is 17.2 Å². The minimum atomic E-state index is -1.09. The summed E-state index contributed by atoms with van der Waals surface area (Å²) in [6.45, 7) is 5.20. The summed E-state index contributed by atoms with van der Waals surface area (Å²) < 4.78 is 9.76. The zero-order chi connectivity index (χ0) is 14.0. The third kappa shape index (κ3) is 3.13. The predicted octanol–water partition coefficient (Wildman–Crippen LogP) is 1.36. The minimum absolute atomic E-state index is 0.199. The van der Waals surface area contributed by atoms with Gasteiger partial charge in [0.2, 0.25) is 0 Å². The van der Waals surface area contributed by atoms with Crippen LogP contribution in [-0.4, -0.2) is 30.3 Å². The molecule has 2 atom stereocenters. The van der Waals surface area contributed by atoms with E-state index < -0.39 is 23.2 Å². The molecule has 1 fully saturated rings. The van der Waals surface area contributed by atoms with Gasteiger partial charge in [-0.3, -0.25) is 0 Å². The summed E-state index contributed by atoms with van der Waals surface area (Å²) in [6.07, 6.45) is -0.0643. The minimum Gasteiger partial charge on any atom is -0.467 e. The van der Waals surface area contributed by atoms with Crippen LogP contribution in [0.4, 0.5) is 4.79 Å². The fraction of sp³-hybridized carbons (Fsp3) is 0.750. The van der Waals surface area contributed by atoms with Crippen LogP contribution < -0.4 is 5.32 Å². The standard InChI is InChI=1S/C12H18N2O4/c1-11(2,3)18-10(16)14-12(9(15)17-4)7-8(12)5-6-13/h8H,5,7H2,1-4H3,(H,14,16)/t8?,12-/m1/s1. The number of rotatable bonds is 3. The number of carbonyl (C=O) groups excluding carboxylic acids is 2. The third-order valence-electron chi connectivity index (χ3n) is 2.72. The highest BCUT2D eigenvalue weighted by molar-refractivity contribution is 5.89. The molecule has 1 aliphatic rings. The smallest absolute Gasteiger partial charge is 0.408 e. The first-order valence-electron chi connectivity index (χ1n) is 5.71. The molecule has 0 bridgehead atoms. The van der Waals surface area contributed by atoms with Crippen LogP contribution in [0.25, 0.3) is 0 Å². The summed E-state index contributed by atoms with van der Waals surface area (Å²) in [6, 6.07) is 1.98. The van der Waals surface area contributed by atoms with E-state index >= 15 is 0 Å². The van der Waals surface area contributed by atoms with E-state index in [0.717, 1.165) is 0 Å². The number of alkyl carbamates (subject to hydrolysis) is 1. The van der Waals surface area contributed by atoms with E-state index in [1.165, 1.54) is 7.11 Å². The summed E-state index contributed by atoms with van der Waals surface area (Å²) in [5.74, 6) is -0.740. The molecule has 0 heterocycles. The maximum absolute atomic E-state index is 11.7. The molecule has 6 heteroatoms. The van der Waals surface area contributed by atoms with Gasteiger partial charge in [-0.25, -0.2) is 9.59 Å². The number of esters is 1. The first-order chi connectivity index (χ1) is 8.25. The summed E-state index contributed by atoms with van der Waals surface area (Å²) in [7, 11) is 1.25. The highest BCUT2D eigenvalue weighted by Crippen LogP contribution is 2.46. The molecule has 0 spiro atoms. The number of methoxy groups -OCH3 is 1. The number of nitrogens with one attached hydrogen (secondary N) is 1. The Morgan fingerprint density at radius 1 is 1.50 bits per heavy atom. The van der Waals surface area contributed by atoms with E-state index in [0.29, 0.717) is 6.42 Å². The number of hydrogen-bond donors (Lipinski definition) is 1. The quantitative estimate of drug-likeness (QED) is 0.768. The molecule has 0 aromatic carbocycles. The largest absolute Gasteiger partial charge is 0.467 e. The van der Waals surface area contributed by atoms with Gasteiger partial charge < -0.3 is 14.8 Å². The van der Waals surface area contributed by atoms with E-state index in [1.807, 2.05) is 6.07 Å². The van der Waals surface area contributed by atoms with Crippen LogP contribution in [0.5, 0.6) is 0 Å². The van der Waals surface area contributed by atoms with Gasteiger partial charge in [-0.15, -0.1) is 0 Å². The molecule has 0 aliphatic heterocycles. The van der Waals surface area contributed by atoms with Gasteiger partial charge in [0, 0.05) is 12.3 Å². The molecule has 0 saturated heterocycles. The van der Waals surface area contributed by atoms with E-state index in [2.05, 4.69) is 10.1 Å². The predicted molar refractivity (Wildman–Crippen MR) is 62.5 cm³/mol. The molecule has 1 unspecified atom stereocenters. The highest BCUT2D eigenvalue weighted by atomic mass is 16.6. The molecule has 6 nitrogen and oxygen atoms in total. The van der Waals surface area contributed by atoms with E-state index in [4.69, 9.17) is 10.00 Å². The Kier molecular flexibility index (Phi) is 3.85. The molecule has 1 N–H and O–H groups in total. The number of carbonyl (C=O) groups is 2. The molecular formula is C12H18N2O4. The monoisotopic (exact) mass is 254 g/mol. The summed E-state index contributed by atoms with van der Waals surface area (Å²) in [4.78, 5) is 23.3. The van der Waals surface area contributed by atoms with E-state index in [9.17, 15) is 9.59 Å². The van der Waals surface area contributed by atoms with Crippen molar-refractivity contribution in [3.63, 3.8) is 0 Å². The molecule has 1 saturated carbocycles. The second-order valence-corrected chi connectivity index (χ2v) is 5.35. The maximum atomic E-state index is 11.7. The number of hydrogen-bond acceptors (Lipinski definition) is 5. The lowest BCUT2D eigenvalue weighted by molar-refractivity contribution is -0.144. The lowest BCUT2D eigenvalue weighted by atomic mass is 10.1. The zero-order valence-corrected chi connectivity index (χ0v) is 11.1. The molecule has 0 radical (unpaired) electrons. The average Bonchev–Trinajstić information content (AvgIpc) is 2.89. The van der Waals surface area contributed by atoms with Crippen molar-refractivity contribution in [3.05, 3.63) is 0 Å². The molecule has 1 rings (SSSR count). The van der Waals surface area contributed by atoms with Crippen LogP contribution in [-0.2, 0) is 14.3 Å². The molecule has 0 aromatic rings. The van der Waals surface area contributed by atoms with E-state index in [1.54, 1.807) is 20.8 Å². The number of nitriles is 1. The molecule has 1 aliphatic carbocycles. The van der Waals surface area contributed by atoms with Crippen LogP contribution in [0.15, 0.2) is 0 Å². The normalized spacial score (nSPS) is 25.8. The highest BCUT2D eigenvalue weighted by Gasteiger charge is 2.62. The Labute approximate surface area is 106 Å². The van der Waals surface area contributed by atoms with Crippen molar-refractivity contribution >= 4 is 12.1 Å². The van der Waals surface area contributed by atoms with Crippen molar-refractivity contribution < 1.29 is 19.1 Å². The second kappa shape index (κ2) is 4.84. The first kappa shape index (κ1) is 14.3. The molecule has 0 aromatic heterocycles. The van der Waals surface area contributed by atoms with Crippen molar-refractivity contribution in [2.45, 2.75) is 44.8 Å². The van der Waals surface area contributed by atoms with Gasteiger partial charge in [-0.2, -0.15) is 5.26 Å². The summed E-state index contributed by atoms with van der Waals surface area (Å²) in [5, 5.41) is 11.2. The number of ether oxygens (including phenoxy) is 2. The van der Waals surface area contributed by atoms with Gasteiger partial charge in [0.15, 0.2) is 0 Å². The number of nitrogens with zero attached hydrogens (tertiary/aromatic N) is 1. The molecule has 1 amide bonds. The Morgan fingerprint density at radius 2 is 2.11 bits per heavy atom. The van der Waals surface area contributed by atoms with Crippen molar-refractivity contribution in [2.75, 3.05) is 7.11 Å². The lowest BCUT2D eigenvalue weighted by Crippen LogP contribution is -2.47. The fourth-order valence-corrected chi connectivity index (χ4v) is 1.81. The van der Waals surface area contributed by atoms with Crippen LogP contribution in [0.3, 0.4) is 0 Å². The van der Waals surface area contributed by atoms with Crippen molar-refractivity contribution in [2.24, 2.45) is 5.92 Å². The Bertz CT molecular complexity index is 394. The summed E-state index contributed by atoms with van der Waals surface area (Å²) >= 11 is 0. The topological polar surface area (TPSA) is 88.4 Å². The van der Waals surface area contributed by atoms with Gasteiger partial charge in [-0.05, 0) is 27.2 Å². The third-order valence-corrected chi connectivity index (χ3v) is 2.72. The molecular weight excluding hydrogens is 236 g/mol. The first-order valence-corrected chi connectivity index (χ1v) is 5.71. The zero-order valence-electron chi connectivity index (χ0n) is 11.1. The average molecular weight is 254 g/mol. The van der Waals surface area contributed by atoms with Crippen molar-refractivity contribution in [1.29, 1.82) is 5.26 Å². The van der Waals surface area contributed by atoms with E-state index in [-0.39, 0.29) is 12.3 Å². The fourth-order valence-electron chi connectivity index (χ4n) is 1.81. The lowest BCUT2D eigenvalue weighted by Gasteiger charge is -2.22. The molecule has 100 valence electrons. The van der Waals surface area contributed by atoms with Gasteiger partial charge in [0.05, 0.1) is 13.2 Å². The Morgan fingerprint density at radius 3 is 2.56 bits per heavy atom. The van der Waals surface area contributed by atoms with Gasteiger partial charge in [-0.1, -0.05) is 0 Å². The SMILES string of the molecule is COC(=O)[C@@]1(NC(=O)OC(C)(C)C)CC1CC#N. The van der Waals surface area contributed by atoms with Gasteiger partial charge in [0.25, 0.3) is 0 Å². The van der Waals surface area contributed by atoms with Crippen LogP contribution >= 0.6 is 0 Å². The van der Waals surface area contributed by atoms with Crippen LogP contribution in [0.2, 0.25) is 0 Å². The summed E-state index contributed by atoms with van der Waals surface area (Å²) in [5.41, 5.74) is -1.73. The van der Waals surface area contributed by atoms with Crippen molar-refractivity contribution in [3.8, 4) is 6.07 Å². The van der Waals surface area contributed by atoms with Crippen LogP contribution in [0.1, 0.15) is 33.6 Å². The Balaban J connectivity index is 2.69. The van der Waals surface area contributed by atoms with Gasteiger partial charge >= 0.3 is 12.1 Å².